The molecule has 0 spiro atoms. The van der Waals surface area contributed by atoms with Crippen molar-refractivity contribution in [2.75, 3.05) is 26.4 Å². The molecule has 0 bridgehead atoms. The number of hydrogen-bond acceptors (Lipinski definition) is 5. The van der Waals surface area contributed by atoms with Gasteiger partial charge in [-0.05, 0) is 6.92 Å². The third-order valence-electron chi connectivity index (χ3n) is 1.75. The molecule has 0 aliphatic heterocycles. The fraction of sp³-hybridized carbons (Fsp3) is 0.600. The van der Waals surface area contributed by atoms with Crippen LogP contribution in [0.25, 0.3) is 0 Å². The quantitative estimate of drug-likeness (QED) is 0.255. The molecular formula is C10H18N2O5. The molecule has 0 rings (SSSR count). The molecule has 0 aliphatic carbocycles. The highest BCUT2D eigenvalue weighted by atomic mass is 16.5. The summed E-state index contributed by atoms with van der Waals surface area (Å²) in [5.41, 5.74) is 0.287. The number of aliphatic hydroxyl groups excluding tert-OH is 2. The molecule has 0 aromatic rings. The normalized spacial score (nSPS) is 9.88. The first-order valence-corrected chi connectivity index (χ1v) is 5.10. The summed E-state index contributed by atoms with van der Waals surface area (Å²) in [5, 5.41) is 22.1. The van der Waals surface area contributed by atoms with Crippen LogP contribution in [-0.4, -0.2) is 54.6 Å². The van der Waals surface area contributed by atoms with Gasteiger partial charge in [-0.2, -0.15) is 0 Å². The van der Waals surface area contributed by atoms with Gasteiger partial charge in [0.1, 0.15) is 6.61 Å². The Morgan fingerprint density at radius 1 is 1.35 bits per heavy atom. The summed E-state index contributed by atoms with van der Waals surface area (Å²) in [7, 11) is 0. The fourth-order valence-electron chi connectivity index (χ4n) is 0.817. The molecule has 0 radical (unpaired) electrons. The van der Waals surface area contributed by atoms with Crippen molar-refractivity contribution in [2.45, 2.75) is 13.0 Å². The van der Waals surface area contributed by atoms with Crippen molar-refractivity contribution in [3.8, 4) is 0 Å². The third kappa shape index (κ3) is 7.31. The predicted octanol–water partition coefficient (Wildman–Crippen LogP) is -1.24. The second-order valence-electron chi connectivity index (χ2n) is 3.38. The molecule has 0 aromatic heterocycles. The Hall–Kier alpha value is -1.60. The Labute approximate surface area is 99.5 Å². The largest absolute Gasteiger partial charge is 0.460 e. The zero-order valence-corrected chi connectivity index (χ0v) is 9.73. The van der Waals surface area contributed by atoms with Crippen molar-refractivity contribution in [2.24, 2.45) is 0 Å². The minimum absolute atomic E-state index is 0.0298. The molecule has 0 heterocycles. The summed E-state index contributed by atoms with van der Waals surface area (Å²) in [6.45, 7) is 4.38. The van der Waals surface area contributed by atoms with E-state index in [1.165, 1.54) is 6.92 Å². The van der Waals surface area contributed by atoms with Crippen LogP contribution < -0.4 is 10.6 Å². The molecule has 7 nitrogen and oxygen atoms in total. The number of amides is 2. The Bertz CT molecular complexity index is 276. The van der Waals surface area contributed by atoms with Gasteiger partial charge in [-0.1, -0.05) is 6.58 Å². The number of carbonyl (C=O) groups excluding carboxylic acids is 2. The maximum atomic E-state index is 11.1. The molecule has 0 saturated heterocycles. The number of aliphatic hydroxyl groups is 2. The molecule has 0 fully saturated rings. The van der Waals surface area contributed by atoms with Crippen LogP contribution >= 0.6 is 0 Å². The van der Waals surface area contributed by atoms with Crippen LogP contribution in [0.2, 0.25) is 0 Å². The van der Waals surface area contributed by atoms with Gasteiger partial charge in [-0.15, -0.1) is 0 Å². The van der Waals surface area contributed by atoms with Crippen LogP contribution in [-0.2, 0) is 9.53 Å². The van der Waals surface area contributed by atoms with E-state index >= 15 is 0 Å². The summed E-state index contributed by atoms with van der Waals surface area (Å²) in [5.74, 6) is -0.518. The summed E-state index contributed by atoms with van der Waals surface area (Å²) in [4.78, 5) is 22.1. The minimum Gasteiger partial charge on any atom is -0.460 e. The van der Waals surface area contributed by atoms with E-state index in [0.29, 0.717) is 0 Å². The van der Waals surface area contributed by atoms with Crippen LogP contribution in [0.15, 0.2) is 12.2 Å². The van der Waals surface area contributed by atoms with E-state index in [0.717, 1.165) is 0 Å². The molecule has 0 aliphatic rings. The lowest BCUT2D eigenvalue weighted by Gasteiger charge is -2.14. The van der Waals surface area contributed by atoms with Crippen molar-refractivity contribution in [1.29, 1.82) is 0 Å². The van der Waals surface area contributed by atoms with E-state index in [1.807, 2.05) is 0 Å². The summed E-state index contributed by atoms with van der Waals surface area (Å²) in [6, 6.07) is -1.25. The molecule has 0 aromatic carbocycles. The van der Waals surface area contributed by atoms with Gasteiger partial charge < -0.3 is 25.6 Å². The van der Waals surface area contributed by atoms with Crippen LogP contribution in [0.1, 0.15) is 6.92 Å². The zero-order chi connectivity index (χ0) is 13.3. The Balaban J connectivity index is 3.65. The van der Waals surface area contributed by atoms with E-state index in [2.05, 4.69) is 17.2 Å². The van der Waals surface area contributed by atoms with Gasteiger partial charge >= 0.3 is 12.0 Å². The number of ether oxygens (including phenoxy) is 1. The average Bonchev–Trinajstić information content (AvgIpc) is 2.31. The SMILES string of the molecule is C=C(C)C(=O)OCCNC(=O)NC(CO)CO. The number of nitrogens with one attached hydrogen (secondary N) is 2. The van der Waals surface area contributed by atoms with E-state index in [1.54, 1.807) is 0 Å². The van der Waals surface area contributed by atoms with Crippen LogP contribution in [0, 0.1) is 0 Å². The van der Waals surface area contributed by atoms with Crippen molar-refractivity contribution >= 4 is 12.0 Å². The lowest BCUT2D eigenvalue weighted by Crippen LogP contribution is -2.46. The van der Waals surface area contributed by atoms with Crippen molar-refractivity contribution < 1.29 is 24.5 Å². The molecule has 7 heteroatoms. The first-order chi connectivity index (χ1) is 8.01. The van der Waals surface area contributed by atoms with Gasteiger partial charge in [0.05, 0.1) is 25.8 Å². The van der Waals surface area contributed by atoms with Crippen molar-refractivity contribution in [1.82, 2.24) is 10.6 Å². The predicted molar refractivity (Wildman–Crippen MR) is 60.3 cm³/mol. The highest BCUT2D eigenvalue weighted by molar-refractivity contribution is 5.86. The van der Waals surface area contributed by atoms with E-state index in [9.17, 15) is 9.59 Å². The third-order valence-corrected chi connectivity index (χ3v) is 1.75. The maximum Gasteiger partial charge on any atom is 0.333 e. The monoisotopic (exact) mass is 246 g/mol. The maximum absolute atomic E-state index is 11.1. The fourth-order valence-corrected chi connectivity index (χ4v) is 0.817. The molecule has 4 N–H and O–H groups in total. The number of urea groups is 1. The minimum atomic E-state index is -0.701. The molecule has 0 unspecified atom stereocenters. The van der Waals surface area contributed by atoms with E-state index in [-0.39, 0.29) is 31.9 Å². The van der Waals surface area contributed by atoms with Gasteiger partial charge in [0, 0.05) is 5.57 Å². The molecule has 17 heavy (non-hydrogen) atoms. The van der Waals surface area contributed by atoms with Gasteiger partial charge in [0.25, 0.3) is 0 Å². The lowest BCUT2D eigenvalue weighted by atomic mass is 10.3. The number of esters is 1. The molecule has 0 saturated carbocycles. The lowest BCUT2D eigenvalue weighted by molar-refractivity contribution is -0.138. The van der Waals surface area contributed by atoms with Crippen LogP contribution in [0.5, 0.6) is 0 Å². The summed E-state index contributed by atoms with van der Waals surface area (Å²) >= 11 is 0. The zero-order valence-electron chi connectivity index (χ0n) is 9.73. The number of rotatable bonds is 7. The molecule has 98 valence electrons. The number of hydrogen-bond donors (Lipinski definition) is 4. The number of carbonyl (C=O) groups is 2. The van der Waals surface area contributed by atoms with E-state index in [4.69, 9.17) is 14.9 Å². The molecular weight excluding hydrogens is 228 g/mol. The highest BCUT2D eigenvalue weighted by Crippen LogP contribution is 1.90. The first kappa shape index (κ1) is 15.4. The smallest absolute Gasteiger partial charge is 0.333 e. The second-order valence-corrected chi connectivity index (χ2v) is 3.38. The Morgan fingerprint density at radius 3 is 2.41 bits per heavy atom. The topological polar surface area (TPSA) is 108 Å². The summed E-state index contributed by atoms with van der Waals surface area (Å²) < 4.78 is 4.73. The van der Waals surface area contributed by atoms with Gasteiger partial charge in [-0.25, -0.2) is 9.59 Å². The van der Waals surface area contributed by atoms with Crippen molar-refractivity contribution in [3.05, 3.63) is 12.2 Å². The first-order valence-electron chi connectivity index (χ1n) is 5.10. The molecule has 0 atom stereocenters. The van der Waals surface area contributed by atoms with E-state index < -0.39 is 18.0 Å². The summed E-state index contributed by atoms with van der Waals surface area (Å²) in [6.07, 6.45) is 0. The average molecular weight is 246 g/mol. The van der Waals surface area contributed by atoms with Crippen LogP contribution in [0.3, 0.4) is 0 Å². The highest BCUT2D eigenvalue weighted by Gasteiger charge is 2.09. The van der Waals surface area contributed by atoms with Gasteiger partial charge in [-0.3, -0.25) is 0 Å². The van der Waals surface area contributed by atoms with Crippen LogP contribution in [0.4, 0.5) is 4.79 Å². The van der Waals surface area contributed by atoms with Gasteiger partial charge in [0.15, 0.2) is 0 Å². The Morgan fingerprint density at radius 2 is 1.94 bits per heavy atom. The van der Waals surface area contributed by atoms with Gasteiger partial charge in [0.2, 0.25) is 0 Å². The molecule has 2 amide bonds. The second kappa shape index (κ2) is 8.54. The van der Waals surface area contributed by atoms with Crippen molar-refractivity contribution in [3.63, 3.8) is 0 Å². The standard InChI is InChI=1S/C10H18N2O5/c1-7(2)9(15)17-4-3-11-10(16)12-8(5-13)6-14/h8,13-14H,1,3-6H2,2H3,(H2,11,12,16). The Kier molecular flexibility index (Phi) is 7.74.